The second-order valence-electron chi connectivity index (χ2n) is 5.46. The summed E-state index contributed by atoms with van der Waals surface area (Å²) in [4.78, 5) is 33.6. The molecule has 0 aliphatic carbocycles. The van der Waals surface area contributed by atoms with Crippen molar-refractivity contribution in [1.82, 2.24) is 0 Å². The molecule has 1 aromatic carbocycles. The van der Waals surface area contributed by atoms with E-state index in [0.717, 1.165) is 0 Å². The Balaban J connectivity index is 1.81. The molecule has 1 heterocycles. The largest absolute Gasteiger partial charge is 0.456 e. The number of anilines is 1. The fraction of sp³-hybridized carbons (Fsp3) is 0.429. The number of esters is 1. The summed E-state index contributed by atoms with van der Waals surface area (Å²) in [5.41, 5.74) is -0.265. The zero-order valence-electron chi connectivity index (χ0n) is 12.6. The minimum Gasteiger partial charge on any atom is -0.456 e. The van der Waals surface area contributed by atoms with Crippen molar-refractivity contribution in [2.75, 3.05) is 23.4 Å². The number of para-hydroxylation sites is 2. The van der Waals surface area contributed by atoms with E-state index in [1.54, 1.807) is 0 Å². The molecule has 0 radical (unpaired) electrons. The molecule has 1 aliphatic heterocycles. The number of nitro groups is 1. The Kier molecular flexibility index (Phi) is 5.50. The van der Waals surface area contributed by atoms with Gasteiger partial charge in [-0.25, -0.2) is 8.42 Å². The molecule has 1 amide bonds. The van der Waals surface area contributed by atoms with Crippen molar-refractivity contribution in [3.63, 3.8) is 0 Å². The normalized spacial score (nSPS) is 18.8. The monoisotopic (exact) mass is 356 g/mol. The Bertz CT molecular complexity index is 760. The molecule has 10 heteroatoms. The number of nitrogens with zero attached hydrogens (tertiary/aromatic N) is 1. The molecule has 24 heavy (non-hydrogen) atoms. The third-order valence-corrected chi connectivity index (χ3v) is 5.36. The van der Waals surface area contributed by atoms with Crippen LogP contribution in [0.5, 0.6) is 0 Å². The summed E-state index contributed by atoms with van der Waals surface area (Å²) >= 11 is 0. The summed E-state index contributed by atoms with van der Waals surface area (Å²) in [6, 6.07) is 5.59. The predicted molar refractivity (Wildman–Crippen MR) is 84.1 cm³/mol. The first-order chi connectivity index (χ1) is 11.3. The van der Waals surface area contributed by atoms with Gasteiger partial charge in [0, 0.05) is 12.5 Å². The lowest BCUT2D eigenvalue weighted by Gasteiger charge is -2.09. The second kappa shape index (κ2) is 7.39. The number of sulfone groups is 1. The van der Waals surface area contributed by atoms with Crippen LogP contribution in [0, 0.1) is 16.0 Å². The Morgan fingerprint density at radius 3 is 2.67 bits per heavy atom. The van der Waals surface area contributed by atoms with Crippen LogP contribution >= 0.6 is 0 Å². The molecule has 1 fully saturated rings. The lowest BCUT2D eigenvalue weighted by atomic mass is 10.1. The fourth-order valence-corrected chi connectivity index (χ4v) is 4.26. The number of carbonyl (C=O) groups excluding carboxylic acids is 2. The highest BCUT2D eigenvalue weighted by Crippen LogP contribution is 2.23. The number of hydrogen-bond donors (Lipinski definition) is 1. The standard InChI is InChI=1S/C14H16N2O7S/c17-13(15-11-3-1-2-4-12(11)16(19)20)8-23-14(18)7-10-5-6-24(21,22)9-10/h1-4,10H,5-9H2,(H,15,17)/t10-/m1/s1. The maximum absolute atomic E-state index is 11.7. The van der Waals surface area contributed by atoms with Gasteiger partial charge in [0.05, 0.1) is 16.4 Å². The van der Waals surface area contributed by atoms with E-state index in [4.69, 9.17) is 4.74 Å². The van der Waals surface area contributed by atoms with Crippen LogP contribution in [-0.2, 0) is 24.2 Å². The van der Waals surface area contributed by atoms with E-state index in [9.17, 15) is 28.1 Å². The second-order valence-corrected chi connectivity index (χ2v) is 7.69. The van der Waals surface area contributed by atoms with Gasteiger partial charge in [-0.3, -0.25) is 19.7 Å². The van der Waals surface area contributed by atoms with Gasteiger partial charge in [0.15, 0.2) is 16.4 Å². The number of hydrogen-bond acceptors (Lipinski definition) is 7. The number of amides is 1. The Morgan fingerprint density at radius 2 is 2.04 bits per heavy atom. The molecule has 1 N–H and O–H groups in total. The van der Waals surface area contributed by atoms with E-state index in [2.05, 4.69) is 5.32 Å². The molecule has 0 bridgehead atoms. The van der Waals surface area contributed by atoms with Crippen LogP contribution in [-0.4, -0.2) is 43.3 Å². The van der Waals surface area contributed by atoms with E-state index < -0.39 is 33.2 Å². The van der Waals surface area contributed by atoms with Gasteiger partial charge in [-0.05, 0) is 18.4 Å². The van der Waals surface area contributed by atoms with Crippen LogP contribution < -0.4 is 5.32 Å². The van der Waals surface area contributed by atoms with Gasteiger partial charge in [-0.15, -0.1) is 0 Å². The van der Waals surface area contributed by atoms with Crippen molar-refractivity contribution < 1.29 is 27.7 Å². The van der Waals surface area contributed by atoms with Crippen molar-refractivity contribution in [1.29, 1.82) is 0 Å². The summed E-state index contributed by atoms with van der Waals surface area (Å²) in [7, 11) is -3.08. The first kappa shape index (κ1) is 17.9. The van der Waals surface area contributed by atoms with Crippen LogP contribution in [0.4, 0.5) is 11.4 Å². The number of ether oxygens (including phenoxy) is 1. The van der Waals surface area contributed by atoms with Crippen molar-refractivity contribution in [2.24, 2.45) is 5.92 Å². The summed E-state index contributed by atoms with van der Waals surface area (Å²) in [6.45, 7) is -0.593. The quantitative estimate of drug-likeness (QED) is 0.455. The Morgan fingerprint density at radius 1 is 1.33 bits per heavy atom. The number of rotatable bonds is 6. The molecule has 1 saturated heterocycles. The van der Waals surface area contributed by atoms with E-state index in [1.165, 1.54) is 24.3 Å². The molecule has 1 aliphatic rings. The SMILES string of the molecule is O=C(COC(=O)C[C@H]1CCS(=O)(=O)C1)Nc1ccccc1[N+](=O)[O-]. The molecule has 1 aromatic rings. The lowest BCUT2D eigenvalue weighted by molar-refractivity contribution is -0.383. The van der Waals surface area contributed by atoms with E-state index in [1.807, 2.05) is 0 Å². The smallest absolute Gasteiger partial charge is 0.306 e. The van der Waals surface area contributed by atoms with Crippen LogP contribution in [0.25, 0.3) is 0 Å². The Hall–Kier alpha value is -2.49. The molecule has 1 atom stereocenters. The van der Waals surface area contributed by atoms with E-state index >= 15 is 0 Å². The van der Waals surface area contributed by atoms with Crippen molar-refractivity contribution in [2.45, 2.75) is 12.8 Å². The number of benzene rings is 1. The third kappa shape index (κ3) is 5.01. The minimum absolute atomic E-state index is 0.00503. The maximum Gasteiger partial charge on any atom is 0.306 e. The van der Waals surface area contributed by atoms with Gasteiger partial charge < -0.3 is 10.1 Å². The fourth-order valence-electron chi connectivity index (χ4n) is 2.40. The van der Waals surface area contributed by atoms with Crippen LogP contribution in [0.1, 0.15) is 12.8 Å². The minimum atomic E-state index is -3.08. The van der Waals surface area contributed by atoms with Crippen molar-refractivity contribution in [3.8, 4) is 0 Å². The van der Waals surface area contributed by atoms with Gasteiger partial charge in [0.25, 0.3) is 11.6 Å². The average Bonchev–Trinajstić information content (AvgIpc) is 2.84. The zero-order chi connectivity index (χ0) is 17.7. The van der Waals surface area contributed by atoms with Gasteiger partial charge in [0.2, 0.25) is 0 Å². The van der Waals surface area contributed by atoms with Crippen LogP contribution in [0.3, 0.4) is 0 Å². The molecule has 2 rings (SSSR count). The molecule has 0 aromatic heterocycles. The molecular weight excluding hydrogens is 340 g/mol. The number of nitrogens with one attached hydrogen (secondary N) is 1. The van der Waals surface area contributed by atoms with Crippen LogP contribution in [0.15, 0.2) is 24.3 Å². The summed E-state index contributed by atoms with van der Waals surface area (Å²) in [5, 5.41) is 13.1. The van der Waals surface area contributed by atoms with Gasteiger partial charge in [-0.2, -0.15) is 0 Å². The molecule has 9 nitrogen and oxygen atoms in total. The maximum atomic E-state index is 11.7. The van der Waals surface area contributed by atoms with Gasteiger partial charge in [0.1, 0.15) is 5.69 Å². The van der Waals surface area contributed by atoms with E-state index in [-0.39, 0.29) is 35.2 Å². The molecule has 0 spiro atoms. The Labute approximate surface area is 138 Å². The summed E-state index contributed by atoms with van der Waals surface area (Å²) in [5.74, 6) is -1.67. The predicted octanol–water partition coefficient (Wildman–Crippen LogP) is 0.901. The van der Waals surface area contributed by atoms with Gasteiger partial charge in [-0.1, -0.05) is 12.1 Å². The highest BCUT2D eigenvalue weighted by atomic mass is 32.2. The first-order valence-electron chi connectivity index (χ1n) is 7.16. The summed E-state index contributed by atoms with van der Waals surface area (Å²) < 4.78 is 27.4. The van der Waals surface area contributed by atoms with Crippen LogP contribution in [0.2, 0.25) is 0 Å². The highest BCUT2D eigenvalue weighted by molar-refractivity contribution is 7.91. The molecule has 130 valence electrons. The van der Waals surface area contributed by atoms with Gasteiger partial charge >= 0.3 is 5.97 Å². The van der Waals surface area contributed by atoms with Crippen molar-refractivity contribution in [3.05, 3.63) is 34.4 Å². The molecule has 0 unspecified atom stereocenters. The summed E-state index contributed by atoms with van der Waals surface area (Å²) in [6.07, 6.45) is 0.331. The lowest BCUT2D eigenvalue weighted by Crippen LogP contribution is -2.22. The number of carbonyl (C=O) groups is 2. The molecular formula is C14H16N2O7S. The average molecular weight is 356 g/mol. The highest BCUT2D eigenvalue weighted by Gasteiger charge is 2.30. The third-order valence-electron chi connectivity index (χ3n) is 3.52. The van der Waals surface area contributed by atoms with E-state index in [0.29, 0.717) is 6.42 Å². The molecule has 0 saturated carbocycles. The zero-order valence-corrected chi connectivity index (χ0v) is 13.5. The number of nitro benzene ring substituents is 1. The van der Waals surface area contributed by atoms with Crippen molar-refractivity contribution >= 4 is 33.1 Å². The first-order valence-corrected chi connectivity index (χ1v) is 8.98. The topological polar surface area (TPSA) is 133 Å².